The Kier molecular flexibility index (Phi) is 2.87. The van der Waals surface area contributed by atoms with Gasteiger partial charge < -0.3 is 14.1 Å². The smallest absolute Gasteiger partial charge is 0.291 e. The Bertz CT molecular complexity index is 760. The second-order valence-corrected chi connectivity index (χ2v) is 4.83. The van der Waals surface area contributed by atoms with E-state index in [4.69, 9.17) is 4.42 Å². The molecule has 3 aromatic heterocycles. The molecular formula is C13H10BrN3O2. The van der Waals surface area contributed by atoms with Gasteiger partial charge >= 0.3 is 0 Å². The first-order chi connectivity index (χ1) is 9.15. The Morgan fingerprint density at radius 3 is 2.95 bits per heavy atom. The first-order valence-corrected chi connectivity index (χ1v) is 6.44. The summed E-state index contributed by atoms with van der Waals surface area (Å²) in [7, 11) is 0. The molecule has 1 amide bonds. The average molecular weight is 320 g/mol. The SMILES string of the molecule is Cc1c(NC(=O)c2ccc(Br)o2)ccc2nccn12. The number of nitrogens with zero attached hydrogens (tertiary/aromatic N) is 2. The lowest BCUT2D eigenvalue weighted by molar-refractivity contribution is 0.0995. The van der Waals surface area contributed by atoms with E-state index in [2.05, 4.69) is 26.2 Å². The lowest BCUT2D eigenvalue weighted by Gasteiger charge is -2.08. The lowest BCUT2D eigenvalue weighted by Crippen LogP contribution is -2.12. The second kappa shape index (κ2) is 4.55. The molecule has 6 heteroatoms. The summed E-state index contributed by atoms with van der Waals surface area (Å²) in [6, 6.07) is 6.97. The van der Waals surface area contributed by atoms with Crippen molar-refractivity contribution in [2.45, 2.75) is 6.92 Å². The number of imidazole rings is 1. The molecule has 0 saturated heterocycles. The highest BCUT2D eigenvalue weighted by Gasteiger charge is 2.12. The van der Waals surface area contributed by atoms with Crippen molar-refractivity contribution in [2.75, 3.05) is 5.32 Å². The van der Waals surface area contributed by atoms with E-state index in [-0.39, 0.29) is 11.7 Å². The maximum absolute atomic E-state index is 12.0. The van der Waals surface area contributed by atoms with Crippen molar-refractivity contribution in [1.82, 2.24) is 9.38 Å². The summed E-state index contributed by atoms with van der Waals surface area (Å²) >= 11 is 3.17. The molecule has 0 aromatic carbocycles. The van der Waals surface area contributed by atoms with E-state index in [0.29, 0.717) is 4.67 Å². The molecule has 0 aliphatic rings. The number of halogens is 1. The minimum absolute atomic E-state index is 0.261. The summed E-state index contributed by atoms with van der Waals surface area (Å²) in [5, 5.41) is 2.82. The normalized spacial score (nSPS) is 10.8. The topological polar surface area (TPSA) is 59.5 Å². The summed E-state index contributed by atoms with van der Waals surface area (Å²) in [6.07, 6.45) is 3.57. The number of hydrogen-bond donors (Lipinski definition) is 1. The molecular weight excluding hydrogens is 310 g/mol. The lowest BCUT2D eigenvalue weighted by atomic mass is 10.3. The molecule has 3 aromatic rings. The van der Waals surface area contributed by atoms with Crippen LogP contribution in [0.5, 0.6) is 0 Å². The number of aromatic nitrogens is 2. The fourth-order valence-electron chi connectivity index (χ4n) is 1.88. The van der Waals surface area contributed by atoms with E-state index in [1.54, 1.807) is 18.3 Å². The molecule has 0 unspecified atom stereocenters. The standard InChI is InChI=1S/C13H10BrN3O2/c1-8-9(2-5-12-15-6-7-17(8)12)16-13(18)10-3-4-11(14)19-10/h2-7H,1H3,(H,16,18). The monoisotopic (exact) mass is 319 g/mol. The van der Waals surface area contributed by atoms with Crippen LogP contribution in [0.3, 0.4) is 0 Å². The van der Waals surface area contributed by atoms with Crippen molar-refractivity contribution in [2.24, 2.45) is 0 Å². The quantitative estimate of drug-likeness (QED) is 0.788. The Morgan fingerprint density at radius 1 is 1.37 bits per heavy atom. The Hall–Kier alpha value is -2.08. The maximum Gasteiger partial charge on any atom is 0.291 e. The number of amides is 1. The van der Waals surface area contributed by atoms with E-state index < -0.39 is 0 Å². The van der Waals surface area contributed by atoms with E-state index in [0.717, 1.165) is 17.0 Å². The van der Waals surface area contributed by atoms with E-state index in [1.807, 2.05) is 29.7 Å². The van der Waals surface area contributed by atoms with Crippen LogP contribution in [0.25, 0.3) is 5.65 Å². The minimum atomic E-state index is -0.284. The number of pyridine rings is 1. The van der Waals surface area contributed by atoms with Crippen molar-refractivity contribution in [3.63, 3.8) is 0 Å². The molecule has 0 atom stereocenters. The number of nitrogens with one attached hydrogen (secondary N) is 1. The molecule has 0 aliphatic heterocycles. The number of fused-ring (bicyclic) bond motifs is 1. The van der Waals surface area contributed by atoms with Crippen LogP contribution in [0.2, 0.25) is 0 Å². The highest BCUT2D eigenvalue weighted by atomic mass is 79.9. The van der Waals surface area contributed by atoms with Crippen molar-refractivity contribution >= 4 is 33.2 Å². The van der Waals surface area contributed by atoms with Gasteiger partial charge in [-0.1, -0.05) is 0 Å². The van der Waals surface area contributed by atoms with E-state index in [9.17, 15) is 4.79 Å². The molecule has 0 spiro atoms. The summed E-state index contributed by atoms with van der Waals surface area (Å²) < 4.78 is 7.65. The Morgan fingerprint density at radius 2 is 2.21 bits per heavy atom. The van der Waals surface area contributed by atoms with Crippen molar-refractivity contribution in [3.05, 3.63) is 52.8 Å². The van der Waals surface area contributed by atoms with Gasteiger partial charge in [-0.05, 0) is 47.1 Å². The zero-order chi connectivity index (χ0) is 13.4. The average Bonchev–Trinajstić information content (AvgIpc) is 3.01. The highest BCUT2D eigenvalue weighted by molar-refractivity contribution is 9.10. The molecule has 0 fully saturated rings. The molecule has 1 N–H and O–H groups in total. The van der Waals surface area contributed by atoms with Crippen LogP contribution in [-0.2, 0) is 0 Å². The number of furan rings is 1. The first kappa shape index (κ1) is 12.0. The molecule has 3 heterocycles. The van der Waals surface area contributed by atoms with Gasteiger partial charge in [0.2, 0.25) is 0 Å². The van der Waals surface area contributed by atoms with Gasteiger partial charge in [-0.15, -0.1) is 0 Å². The number of hydrogen-bond acceptors (Lipinski definition) is 3. The van der Waals surface area contributed by atoms with Crippen LogP contribution in [0.15, 0.2) is 45.7 Å². The molecule has 96 valence electrons. The predicted molar refractivity (Wildman–Crippen MR) is 74.3 cm³/mol. The third-order valence-corrected chi connectivity index (χ3v) is 3.29. The zero-order valence-corrected chi connectivity index (χ0v) is 11.6. The molecule has 0 radical (unpaired) electrons. The van der Waals surface area contributed by atoms with Crippen molar-refractivity contribution in [3.8, 4) is 0 Å². The van der Waals surface area contributed by atoms with E-state index in [1.165, 1.54) is 0 Å². The predicted octanol–water partition coefficient (Wildman–Crippen LogP) is 3.25. The minimum Gasteiger partial charge on any atom is -0.444 e. The fourth-order valence-corrected chi connectivity index (χ4v) is 2.19. The number of rotatable bonds is 2. The number of carbonyl (C=O) groups excluding carboxylic acids is 1. The van der Waals surface area contributed by atoms with E-state index >= 15 is 0 Å². The number of carbonyl (C=O) groups is 1. The zero-order valence-electron chi connectivity index (χ0n) is 10.1. The van der Waals surface area contributed by atoms with Crippen LogP contribution >= 0.6 is 15.9 Å². The van der Waals surface area contributed by atoms with Crippen LogP contribution in [0, 0.1) is 6.92 Å². The summed E-state index contributed by atoms with van der Waals surface area (Å²) in [6.45, 7) is 1.92. The Labute approximate surface area is 117 Å². The largest absolute Gasteiger partial charge is 0.444 e. The van der Waals surface area contributed by atoms with Gasteiger partial charge in [-0.25, -0.2) is 4.98 Å². The molecule has 5 nitrogen and oxygen atoms in total. The van der Waals surface area contributed by atoms with Gasteiger partial charge in [0.05, 0.1) is 5.69 Å². The second-order valence-electron chi connectivity index (χ2n) is 4.05. The van der Waals surface area contributed by atoms with Crippen molar-refractivity contribution < 1.29 is 9.21 Å². The summed E-state index contributed by atoms with van der Waals surface area (Å²) in [4.78, 5) is 16.2. The summed E-state index contributed by atoms with van der Waals surface area (Å²) in [5.74, 6) is -0.0229. The van der Waals surface area contributed by atoms with Crippen LogP contribution in [-0.4, -0.2) is 15.3 Å². The third kappa shape index (κ3) is 2.15. The molecule has 0 aliphatic carbocycles. The highest BCUT2D eigenvalue weighted by Crippen LogP contribution is 2.19. The van der Waals surface area contributed by atoms with Gasteiger partial charge in [-0.3, -0.25) is 4.79 Å². The van der Waals surface area contributed by atoms with Crippen LogP contribution in [0.1, 0.15) is 16.2 Å². The number of aryl methyl sites for hydroxylation is 1. The molecule has 0 saturated carbocycles. The van der Waals surface area contributed by atoms with Crippen LogP contribution < -0.4 is 5.32 Å². The third-order valence-electron chi connectivity index (χ3n) is 2.86. The first-order valence-electron chi connectivity index (χ1n) is 5.64. The van der Waals surface area contributed by atoms with Gasteiger partial charge in [0, 0.05) is 18.1 Å². The maximum atomic E-state index is 12.0. The molecule has 0 bridgehead atoms. The fraction of sp³-hybridized carbons (Fsp3) is 0.0769. The van der Waals surface area contributed by atoms with Gasteiger partial charge in [0.15, 0.2) is 10.4 Å². The Balaban J connectivity index is 1.93. The number of anilines is 1. The molecule has 3 rings (SSSR count). The van der Waals surface area contributed by atoms with Crippen LogP contribution in [0.4, 0.5) is 5.69 Å². The van der Waals surface area contributed by atoms with Gasteiger partial charge in [0.1, 0.15) is 5.65 Å². The van der Waals surface area contributed by atoms with Gasteiger partial charge in [0.25, 0.3) is 5.91 Å². The molecule has 19 heavy (non-hydrogen) atoms. The van der Waals surface area contributed by atoms with Crippen molar-refractivity contribution in [1.29, 1.82) is 0 Å². The summed E-state index contributed by atoms with van der Waals surface area (Å²) in [5.41, 5.74) is 2.48. The van der Waals surface area contributed by atoms with Gasteiger partial charge in [-0.2, -0.15) is 0 Å².